The molecule has 0 aromatic heterocycles. The van der Waals surface area contributed by atoms with Crippen LogP contribution in [0.3, 0.4) is 0 Å². The molecule has 1 atom stereocenters. The molecule has 152 valence electrons. The van der Waals surface area contributed by atoms with Crippen LogP contribution >= 0.6 is 11.6 Å². The molecule has 1 unspecified atom stereocenters. The molecule has 0 bridgehead atoms. The van der Waals surface area contributed by atoms with Crippen LogP contribution in [-0.4, -0.2) is 23.4 Å². The zero-order valence-electron chi connectivity index (χ0n) is 16.5. The summed E-state index contributed by atoms with van der Waals surface area (Å²) in [5.41, 5.74) is 3.59. The highest BCUT2D eigenvalue weighted by atomic mass is 35.5. The number of hydrogen-bond donors (Lipinski definition) is 1. The summed E-state index contributed by atoms with van der Waals surface area (Å²) in [6, 6.07) is 22.1. The molecule has 1 heterocycles. The van der Waals surface area contributed by atoms with Gasteiger partial charge in [0.15, 0.2) is 0 Å². The van der Waals surface area contributed by atoms with Crippen molar-refractivity contribution in [1.29, 1.82) is 0 Å². The molecule has 1 amide bonds. The number of benzene rings is 3. The number of esters is 1. The summed E-state index contributed by atoms with van der Waals surface area (Å²) in [6.45, 7) is 2.45. The molecule has 0 fully saturated rings. The second kappa shape index (κ2) is 8.59. The maximum atomic E-state index is 13.1. The Morgan fingerprint density at radius 1 is 1.07 bits per heavy atom. The summed E-state index contributed by atoms with van der Waals surface area (Å²) >= 11 is 6.35. The average Bonchev–Trinajstić information content (AvgIpc) is 3.02. The molecule has 1 aliphatic rings. The summed E-state index contributed by atoms with van der Waals surface area (Å²) in [4.78, 5) is 27.0. The molecule has 1 aliphatic heterocycles. The van der Waals surface area contributed by atoms with E-state index in [-0.39, 0.29) is 18.0 Å². The quantitative estimate of drug-likeness (QED) is 0.551. The zero-order chi connectivity index (χ0) is 21.1. The minimum Gasteiger partial charge on any atom is -0.462 e. The zero-order valence-corrected chi connectivity index (χ0v) is 17.2. The van der Waals surface area contributed by atoms with E-state index in [1.807, 2.05) is 54.6 Å². The van der Waals surface area contributed by atoms with Crippen LogP contribution in [0.1, 0.15) is 44.9 Å². The SMILES string of the molecule is CCOC(=O)c1cccc(NC2c3ccccc3C(=O)N2Cc2ccccc2Cl)c1. The number of rotatable bonds is 6. The van der Waals surface area contributed by atoms with Crippen molar-refractivity contribution in [1.82, 2.24) is 4.90 Å². The Hall–Kier alpha value is -3.31. The van der Waals surface area contributed by atoms with Crippen LogP contribution in [0.25, 0.3) is 0 Å². The van der Waals surface area contributed by atoms with Gasteiger partial charge in [0.05, 0.1) is 12.2 Å². The monoisotopic (exact) mass is 420 g/mol. The third-order valence-corrected chi connectivity index (χ3v) is 5.40. The third-order valence-electron chi connectivity index (χ3n) is 5.03. The lowest BCUT2D eigenvalue weighted by molar-refractivity contribution is 0.0526. The molecule has 3 aromatic rings. The molecule has 0 aliphatic carbocycles. The first kappa shape index (κ1) is 20.0. The summed E-state index contributed by atoms with van der Waals surface area (Å²) in [6.07, 6.45) is -0.387. The van der Waals surface area contributed by atoms with Gasteiger partial charge in [0.2, 0.25) is 0 Å². The van der Waals surface area contributed by atoms with Gasteiger partial charge >= 0.3 is 5.97 Å². The van der Waals surface area contributed by atoms with E-state index in [4.69, 9.17) is 16.3 Å². The van der Waals surface area contributed by atoms with Gasteiger partial charge in [0, 0.05) is 28.4 Å². The second-order valence-corrected chi connectivity index (χ2v) is 7.37. The van der Waals surface area contributed by atoms with Crippen molar-refractivity contribution in [3.8, 4) is 0 Å². The van der Waals surface area contributed by atoms with E-state index in [0.29, 0.717) is 29.3 Å². The molecule has 3 aromatic carbocycles. The van der Waals surface area contributed by atoms with Crippen LogP contribution in [-0.2, 0) is 11.3 Å². The van der Waals surface area contributed by atoms with Crippen LogP contribution in [0.2, 0.25) is 5.02 Å². The van der Waals surface area contributed by atoms with Crippen molar-refractivity contribution in [2.45, 2.75) is 19.6 Å². The Bertz CT molecular complexity index is 1100. The van der Waals surface area contributed by atoms with Gasteiger partial charge in [0.1, 0.15) is 6.17 Å². The highest BCUT2D eigenvalue weighted by molar-refractivity contribution is 6.31. The number of ether oxygens (including phenoxy) is 1. The molecular weight excluding hydrogens is 400 g/mol. The number of fused-ring (bicyclic) bond motifs is 1. The van der Waals surface area contributed by atoms with Crippen molar-refractivity contribution in [3.05, 3.63) is 100 Å². The Morgan fingerprint density at radius 3 is 2.63 bits per heavy atom. The number of carbonyl (C=O) groups is 2. The Labute approximate surface area is 180 Å². The number of carbonyl (C=O) groups excluding carboxylic acids is 2. The maximum Gasteiger partial charge on any atom is 0.338 e. The lowest BCUT2D eigenvalue weighted by Crippen LogP contribution is -2.32. The standard InChI is InChI=1S/C24H21ClN2O3/c1-2-30-24(29)16-9-7-10-18(14-16)26-22-19-11-4-5-12-20(19)23(28)27(22)15-17-8-3-6-13-21(17)25/h3-14,22,26H,2,15H2,1H3. The van der Waals surface area contributed by atoms with Crippen molar-refractivity contribution in [3.63, 3.8) is 0 Å². The van der Waals surface area contributed by atoms with Crippen molar-refractivity contribution in [2.24, 2.45) is 0 Å². The first-order valence-corrected chi connectivity index (χ1v) is 10.1. The number of nitrogens with zero attached hydrogens (tertiary/aromatic N) is 1. The smallest absolute Gasteiger partial charge is 0.338 e. The van der Waals surface area contributed by atoms with E-state index in [1.54, 1.807) is 30.0 Å². The molecule has 6 heteroatoms. The predicted molar refractivity (Wildman–Crippen MR) is 117 cm³/mol. The Kier molecular flexibility index (Phi) is 5.72. The van der Waals surface area contributed by atoms with Crippen LogP contribution in [0, 0.1) is 0 Å². The molecule has 0 radical (unpaired) electrons. The van der Waals surface area contributed by atoms with Crippen molar-refractivity contribution in [2.75, 3.05) is 11.9 Å². The minimum absolute atomic E-state index is 0.0652. The average molecular weight is 421 g/mol. The predicted octanol–water partition coefficient (Wildman–Crippen LogP) is 5.28. The van der Waals surface area contributed by atoms with E-state index >= 15 is 0 Å². The van der Waals surface area contributed by atoms with Gasteiger partial charge < -0.3 is 15.0 Å². The van der Waals surface area contributed by atoms with Crippen LogP contribution < -0.4 is 5.32 Å². The lowest BCUT2D eigenvalue weighted by atomic mass is 10.1. The van der Waals surface area contributed by atoms with E-state index in [2.05, 4.69) is 5.32 Å². The Balaban J connectivity index is 1.67. The topological polar surface area (TPSA) is 58.6 Å². The van der Waals surface area contributed by atoms with Crippen LogP contribution in [0.4, 0.5) is 5.69 Å². The number of amides is 1. The first-order chi connectivity index (χ1) is 14.6. The summed E-state index contributed by atoms with van der Waals surface area (Å²) in [7, 11) is 0. The number of nitrogens with one attached hydrogen (secondary N) is 1. The van der Waals surface area contributed by atoms with Gasteiger partial charge in [-0.3, -0.25) is 4.79 Å². The normalized spacial score (nSPS) is 15.1. The summed E-state index contributed by atoms with van der Waals surface area (Å²) in [5, 5.41) is 4.02. The van der Waals surface area contributed by atoms with Crippen LogP contribution in [0.15, 0.2) is 72.8 Å². The second-order valence-electron chi connectivity index (χ2n) is 6.96. The van der Waals surface area contributed by atoms with Gasteiger partial charge in [0.25, 0.3) is 5.91 Å². The summed E-state index contributed by atoms with van der Waals surface area (Å²) < 4.78 is 5.09. The number of hydrogen-bond acceptors (Lipinski definition) is 4. The molecule has 0 saturated carbocycles. The van der Waals surface area contributed by atoms with Gasteiger partial charge in [-0.1, -0.05) is 54.1 Å². The molecule has 30 heavy (non-hydrogen) atoms. The fourth-order valence-corrected chi connectivity index (χ4v) is 3.80. The van der Waals surface area contributed by atoms with Gasteiger partial charge in [-0.15, -0.1) is 0 Å². The molecule has 5 nitrogen and oxygen atoms in total. The number of halogens is 1. The highest BCUT2D eigenvalue weighted by Gasteiger charge is 2.36. The first-order valence-electron chi connectivity index (χ1n) is 9.75. The van der Waals surface area contributed by atoms with Crippen molar-refractivity contribution < 1.29 is 14.3 Å². The minimum atomic E-state index is -0.387. The maximum absolute atomic E-state index is 13.1. The van der Waals surface area contributed by atoms with Gasteiger partial charge in [-0.25, -0.2) is 4.79 Å². The molecule has 0 spiro atoms. The molecule has 0 saturated heterocycles. The lowest BCUT2D eigenvalue weighted by Gasteiger charge is -2.27. The summed E-state index contributed by atoms with van der Waals surface area (Å²) in [5.74, 6) is -0.443. The largest absolute Gasteiger partial charge is 0.462 e. The van der Waals surface area contributed by atoms with E-state index in [1.165, 1.54) is 0 Å². The molecule has 1 N–H and O–H groups in total. The van der Waals surface area contributed by atoms with Gasteiger partial charge in [-0.05, 0) is 42.8 Å². The highest BCUT2D eigenvalue weighted by Crippen LogP contribution is 2.36. The molecule has 4 rings (SSSR count). The number of anilines is 1. The van der Waals surface area contributed by atoms with E-state index < -0.39 is 0 Å². The fraction of sp³-hybridized carbons (Fsp3) is 0.167. The van der Waals surface area contributed by atoms with Gasteiger partial charge in [-0.2, -0.15) is 0 Å². The van der Waals surface area contributed by atoms with Crippen LogP contribution in [0.5, 0.6) is 0 Å². The van der Waals surface area contributed by atoms with E-state index in [9.17, 15) is 9.59 Å². The molecular formula is C24H21ClN2O3. The Morgan fingerprint density at radius 2 is 1.83 bits per heavy atom. The van der Waals surface area contributed by atoms with E-state index in [0.717, 1.165) is 16.8 Å². The third kappa shape index (κ3) is 3.89. The van der Waals surface area contributed by atoms with Crippen molar-refractivity contribution >= 4 is 29.2 Å². The fourth-order valence-electron chi connectivity index (χ4n) is 3.61.